The fraction of sp³-hybridized carbons (Fsp3) is 0.368. The summed E-state index contributed by atoms with van der Waals surface area (Å²) < 4.78 is 46.9. The van der Waals surface area contributed by atoms with Gasteiger partial charge in [-0.15, -0.1) is 0 Å². The van der Waals surface area contributed by atoms with Gasteiger partial charge >= 0.3 is 0 Å². The highest BCUT2D eigenvalue weighted by molar-refractivity contribution is 7.89. The van der Waals surface area contributed by atoms with Crippen LogP contribution >= 0.6 is 0 Å². The van der Waals surface area contributed by atoms with Crippen molar-refractivity contribution in [3.05, 3.63) is 48.3 Å². The van der Waals surface area contributed by atoms with Gasteiger partial charge in [-0.25, -0.2) is 12.8 Å². The standard InChI is InChI=1S/C19H23FN2O3S/c1-3-21-10-12-22(13-11-21)26(23,24)19-7-5-4-6-16(19)15-8-9-18(25-2)17(20)14-15/h4-9,14H,3,10-13H2,1-2H3. The van der Waals surface area contributed by atoms with Crippen molar-refractivity contribution < 1.29 is 17.5 Å². The first-order valence-corrected chi connectivity index (χ1v) is 10.1. The van der Waals surface area contributed by atoms with Gasteiger partial charge in [0.05, 0.1) is 12.0 Å². The molecule has 1 fully saturated rings. The number of halogens is 1. The normalized spacial score (nSPS) is 16.6. The number of benzene rings is 2. The molecule has 3 rings (SSSR count). The largest absolute Gasteiger partial charge is 0.494 e. The zero-order valence-electron chi connectivity index (χ0n) is 15.0. The maximum atomic E-state index is 14.1. The van der Waals surface area contributed by atoms with Crippen LogP contribution in [0.3, 0.4) is 0 Å². The second-order valence-electron chi connectivity index (χ2n) is 6.18. The molecule has 5 nitrogen and oxygen atoms in total. The molecule has 0 amide bonds. The molecule has 0 radical (unpaired) electrons. The number of piperazine rings is 1. The molecule has 0 N–H and O–H groups in total. The minimum Gasteiger partial charge on any atom is -0.494 e. The van der Waals surface area contributed by atoms with Crippen LogP contribution in [-0.4, -0.2) is 57.5 Å². The Morgan fingerprint density at radius 3 is 2.38 bits per heavy atom. The highest BCUT2D eigenvalue weighted by Gasteiger charge is 2.30. The molecule has 0 bridgehead atoms. The second kappa shape index (κ2) is 7.73. The van der Waals surface area contributed by atoms with E-state index < -0.39 is 15.8 Å². The summed E-state index contributed by atoms with van der Waals surface area (Å²) in [6.45, 7) is 5.33. The van der Waals surface area contributed by atoms with Crippen LogP contribution < -0.4 is 4.74 Å². The van der Waals surface area contributed by atoms with E-state index in [-0.39, 0.29) is 10.6 Å². The molecular weight excluding hydrogens is 355 g/mol. The summed E-state index contributed by atoms with van der Waals surface area (Å²) in [5.74, 6) is -0.390. The Morgan fingerprint density at radius 2 is 1.77 bits per heavy atom. The molecule has 1 heterocycles. The van der Waals surface area contributed by atoms with Crippen molar-refractivity contribution in [3.63, 3.8) is 0 Å². The molecule has 1 saturated heterocycles. The summed E-state index contributed by atoms with van der Waals surface area (Å²) in [4.78, 5) is 2.42. The molecule has 0 saturated carbocycles. The Hall–Kier alpha value is -1.96. The van der Waals surface area contributed by atoms with Crippen molar-refractivity contribution in [1.29, 1.82) is 0 Å². The number of likely N-dealkylation sites (N-methyl/N-ethyl adjacent to an activating group) is 1. The Balaban J connectivity index is 1.98. The summed E-state index contributed by atoms with van der Waals surface area (Å²) in [6, 6.07) is 11.2. The quantitative estimate of drug-likeness (QED) is 0.803. The monoisotopic (exact) mass is 378 g/mol. The third-order valence-corrected chi connectivity index (χ3v) is 6.70. The van der Waals surface area contributed by atoms with Gasteiger partial charge in [-0.2, -0.15) is 4.31 Å². The van der Waals surface area contributed by atoms with Crippen molar-refractivity contribution in [2.24, 2.45) is 0 Å². The number of nitrogens with zero attached hydrogens (tertiary/aromatic N) is 2. The van der Waals surface area contributed by atoms with Gasteiger partial charge in [-0.3, -0.25) is 0 Å². The van der Waals surface area contributed by atoms with Crippen LogP contribution in [-0.2, 0) is 10.0 Å². The number of hydrogen-bond donors (Lipinski definition) is 0. The predicted molar refractivity (Wildman–Crippen MR) is 99.3 cm³/mol. The van der Waals surface area contributed by atoms with Crippen molar-refractivity contribution in [3.8, 4) is 16.9 Å². The Labute approximate surface area is 154 Å². The van der Waals surface area contributed by atoms with Gasteiger partial charge in [0.25, 0.3) is 0 Å². The van der Waals surface area contributed by atoms with Crippen LogP contribution in [0.1, 0.15) is 6.92 Å². The Bertz CT molecular complexity index is 878. The molecule has 1 aliphatic rings. The van der Waals surface area contributed by atoms with E-state index in [0.29, 0.717) is 24.2 Å². The number of sulfonamides is 1. The van der Waals surface area contributed by atoms with E-state index in [4.69, 9.17) is 4.74 Å². The third-order valence-electron chi connectivity index (χ3n) is 4.75. The summed E-state index contributed by atoms with van der Waals surface area (Å²) in [7, 11) is -2.25. The highest BCUT2D eigenvalue weighted by Crippen LogP contribution is 2.32. The van der Waals surface area contributed by atoms with Gasteiger partial charge in [-0.05, 0) is 30.3 Å². The molecule has 140 valence electrons. The topological polar surface area (TPSA) is 49.9 Å². The number of hydrogen-bond acceptors (Lipinski definition) is 4. The molecule has 7 heteroatoms. The van der Waals surface area contributed by atoms with Crippen LogP contribution in [0.25, 0.3) is 11.1 Å². The van der Waals surface area contributed by atoms with E-state index >= 15 is 0 Å². The lowest BCUT2D eigenvalue weighted by Crippen LogP contribution is -2.48. The molecular formula is C19H23FN2O3S. The molecule has 2 aromatic carbocycles. The fourth-order valence-electron chi connectivity index (χ4n) is 3.19. The molecule has 0 spiro atoms. The fourth-order valence-corrected chi connectivity index (χ4v) is 4.83. The van der Waals surface area contributed by atoms with Gasteiger partial charge in [0.1, 0.15) is 0 Å². The first-order chi connectivity index (χ1) is 12.5. The molecule has 2 aromatic rings. The highest BCUT2D eigenvalue weighted by atomic mass is 32.2. The van der Waals surface area contributed by atoms with Crippen molar-refractivity contribution >= 4 is 10.0 Å². The average Bonchev–Trinajstić information content (AvgIpc) is 2.68. The van der Waals surface area contributed by atoms with E-state index in [1.807, 2.05) is 0 Å². The van der Waals surface area contributed by atoms with E-state index in [0.717, 1.165) is 19.6 Å². The zero-order valence-corrected chi connectivity index (χ0v) is 15.8. The third kappa shape index (κ3) is 3.60. The van der Waals surface area contributed by atoms with Crippen LogP contribution in [0.5, 0.6) is 5.75 Å². The minimum absolute atomic E-state index is 0.129. The summed E-state index contributed by atoms with van der Waals surface area (Å²) in [5.41, 5.74) is 1.00. The van der Waals surface area contributed by atoms with Gasteiger partial charge < -0.3 is 9.64 Å². The van der Waals surface area contributed by atoms with Gasteiger partial charge in [0, 0.05) is 31.7 Å². The molecule has 0 aromatic heterocycles. The predicted octanol–water partition coefficient (Wildman–Crippen LogP) is 2.83. The summed E-state index contributed by atoms with van der Waals surface area (Å²) in [5, 5.41) is 0. The molecule has 26 heavy (non-hydrogen) atoms. The molecule has 0 atom stereocenters. The molecule has 1 aliphatic heterocycles. The lowest BCUT2D eigenvalue weighted by molar-refractivity contribution is 0.196. The Morgan fingerprint density at radius 1 is 1.08 bits per heavy atom. The number of methoxy groups -OCH3 is 1. The van der Waals surface area contributed by atoms with Gasteiger partial charge in [0.15, 0.2) is 11.6 Å². The van der Waals surface area contributed by atoms with Crippen molar-refractivity contribution in [2.45, 2.75) is 11.8 Å². The Kier molecular flexibility index (Phi) is 5.60. The maximum absolute atomic E-state index is 14.1. The van der Waals surface area contributed by atoms with Crippen molar-refractivity contribution in [2.75, 3.05) is 39.8 Å². The summed E-state index contributed by atoms with van der Waals surface area (Å²) >= 11 is 0. The van der Waals surface area contributed by atoms with E-state index in [2.05, 4.69) is 11.8 Å². The first kappa shape index (κ1) is 18.8. The summed E-state index contributed by atoms with van der Waals surface area (Å²) in [6.07, 6.45) is 0. The maximum Gasteiger partial charge on any atom is 0.243 e. The number of rotatable bonds is 5. The zero-order chi connectivity index (χ0) is 18.7. The number of ether oxygens (including phenoxy) is 1. The van der Waals surface area contributed by atoms with Gasteiger partial charge in [-0.1, -0.05) is 31.2 Å². The molecule has 0 unspecified atom stereocenters. The first-order valence-electron chi connectivity index (χ1n) is 8.63. The lowest BCUT2D eigenvalue weighted by atomic mass is 10.1. The van der Waals surface area contributed by atoms with Crippen LogP contribution in [0.4, 0.5) is 4.39 Å². The van der Waals surface area contributed by atoms with E-state index in [1.54, 1.807) is 30.3 Å². The van der Waals surface area contributed by atoms with Crippen molar-refractivity contribution in [1.82, 2.24) is 9.21 Å². The van der Waals surface area contributed by atoms with Crippen LogP contribution in [0, 0.1) is 5.82 Å². The smallest absolute Gasteiger partial charge is 0.243 e. The SMILES string of the molecule is CCN1CCN(S(=O)(=O)c2ccccc2-c2ccc(OC)c(F)c2)CC1. The van der Waals surface area contributed by atoms with Gasteiger partial charge in [0.2, 0.25) is 10.0 Å². The second-order valence-corrected chi connectivity index (χ2v) is 8.09. The van der Waals surface area contributed by atoms with E-state index in [1.165, 1.54) is 23.5 Å². The van der Waals surface area contributed by atoms with Crippen LogP contribution in [0.15, 0.2) is 47.4 Å². The molecule has 0 aliphatic carbocycles. The average molecular weight is 378 g/mol. The minimum atomic E-state index is -3.65. The lowest BCUT2D eigenvalue weighted by Gasteiger charge is -2.33. The van der Waals surface area contributed by atoms with E-state index in [9.17, 15) is 12.8 Å². The van der Waals surface area contributed by atoms with Crippen LogP contribution in [0.2, 0.25) is 0 Å².